The van der Waals surface area contributed by atoms with E-state index in [1.54, 1.807) is 24.3 Å². The summed E-state index contributed by atoms with van der Waals surface area (Å²) in [6, 6.07) is 1.56. The quantitative estimate of drug-likeness (QED) is 0.162. The summed E-state index contributed by atoms with van der Waals surface area (Å²) >= 11 is 0.751. The molecule has 1 aliphatic heterocycles. The van der Waals surface area contributed by atoms with Gasteiger partial charge in [0.15, 0.2) is 0 Å². The Morgan fingerprint density at radius 2 is 1.33 bits per heavy atom. The van der Waals surface area contributed by atoms with Gasteiger partial charge in [0, 0.05) is 12.2 Å². The van der Waals surface area contributed by atoms with Gasteiger partial charge in [-0.1, -0.05) is 90.1 Å². The first kappa shape index (κ1) is 43.2. The summed E-state index contributed by atoms with van der Waals surface area (Å²) < 4.78 is 0. The number of rotatable bonds is 12. The summed E-state index contributed by atoms with van der Waals surface area (Å²) in [4.78, 5) is 94.0. The molecule has 0 radical (unpaired) electrons. The minimum atomic E-state index is -1.32. The van der Waals surface area contributed by atoms with E-state index >= 15 is 0 Å². The highest BCUT2D eigenvalue weighted by atomic mass is 32.2. The number of benzene rings is 1. The Bertz CT molecular complexity index is 1380. The molecule has 0 unspecified atom stereocenters. The minimum absolute atomic E-state index is 0.00000165. The number of carbonyl (C=O) groups is 7. The molecule has 0 saturated carbocycles. The van der Waals surface area contributed by atoms with E-state index < -0.39 is 82.9 Å². The molecule has 2 rings (SSSR count). The number of hydrogen-bond donors (Lipinski definition) is 7. The number of nitrogens with one attached hydrogen (secondary N) is 6. The number of hydrogen-bond acceptors (Lipinski definition) is 9. The van der Waals surface area contributed by atoms with Crippen LogP contribution in [-0.4, -0.2) is 88.6 Å². The lowest BCUT2D eigenvalue weighted by Crippen LogP contribution is -2.60. The molecule has 15 heteroatoms. The SMILES string of the molecule is CC[C@H](C)[C@H](N)C(=O)N[C@@H](C)C(=O)N[C@H]1CSC(=O)[C@H](CC(C)C)NC(=O)[C@H](CC(C)C)NC(=O)[C@H](Cc2ccccc2)NC(=O)[C@H](C)NC1=O. The molecule has 284 valence electrons. The summed E-state index contributed by atoms with van der Waals surface area (Å²) in [7, 11) is 0. The first-order chi connectivity index (χ1) is 23.9. The van der Waals surface area contributed by atoms with Crippen molar-refractivity contribution in [3.63, 3.8) is 0 Å². The van der Waals surface area contributed by atoms with Gasteiger partial charge in [0.2, 0.25) is 40.6 Å². The Kier molecular flexibility index (Phi) is 17.6. The molecule has 6 amide bonds. The van der Waals surface area contributed by atoms with E-state index in [1.807, 2.05) is 47.6 Å². The molecule has 0 spiro atoms. The molecule has 14 nitrogen and oxygen atoms in total. The third-order valence-electron chi connectivity index (χ3n) is 8.65. The van der Waals surface area contributed by atoms with Gasteiger partial charge < -0.3 is 37.6 Å². The molecule has 0 aromatic heterocycles. The summed E-state index contributed by atoms with van der Waals surface area (Å²) in [5, 5.41) is 15.6. The maximum Gasteiger partial charge on any atom is 0.244 e. The van der Waals surface area contributed by atoms with Crippen molar-refractivity contribution in [2.24, 2.45) is 23.5 Å². The number of nitrogens with two attached hydrogens (primary N) is 1. The van der Waals surface area contributed by atoms with Crippen molar-refractivity contribution in [3.8, 4) is 0 Å². The third kappa shape index (κ3) is 14.3. The zero-order chi connectivity index (χ0) is 38.4. The highest BCUT2D eigenvalue weighted by Crippen LogP contribution is 2.17. The lowest BCUT2D eigenvalue weighted by atomic mass is 9.99. The van der Waals surface area contributed by atoms with Crippen LogP contribution in [0, 0.1) is 17.8 Å². The maximum atomic E-state index is 13.7. The molecule has 8 atom stereocenters. The van der Waals surface area contributed by atoms with Gasteiger partial charge in [-0.2, -0.15) is 0 Å². The summed E-state index contributed by atoms with van der Waals surface area (Å²) in [5.41, 5.74) is 6.77. The molecular weight excluding hydrogens is 675 g/mol. The molecule has 1 aromatic carbocycles. The van der Waals surface area contributed by atoms with Crippen LogP contribution in [-0.2, 0) is 40.0 Å². The Labute approximate surface area is 305 Å². The van der Waals surface area contributed by atoms with Crippen LogP contribution in [0.1, 0.15) is 80.2 Å². The van der Waals surface area contributed by atoms with E-state index in [9.17, 15) is 33.6 Å². The average Bonchev–Trinajstić information content (AvgIpc) is 3.07. The molecule has 0 bridgehead atoms. The van der Waals surface area contributed by atoms with Gasteiger partial charge in [-0.05, 0) is 50.0 Å². The molecule has 8 N–H and O–H groups in total. The van der Waals surface area contributed by atoms with E-state index in [2.05, 4.69) is 31.9 Å². The van der Waals surface area contributed by atoms with Crippen LogP contribution in [0.5, 0.6) is 0 Å². The second-order valence-electron chi connectivity index (χ2n) is 14.2. The molecule has 51 heavy (non-hydrogen) atoms. The van der Waals surface area contributed by atoms with Crippen LogP contribution < -0.4 is 37.6 Å². The predicted octanol–water partition coefficient (Wildman–Crippen LogP) is 0.917. The monoisotopic (exact) mass is 731 g/mol. The highest BCUT2D eigenvalue weighted by Gasteiger charge is 2.34. The topological polar surface area (TPSA) is 218 Å². The summed E-state index contributed by atoms with van der Waals surface area (Å²) in [5.74, 6) is -4.19. The normalized spacial score (nSPS) is 24.5. The van der Waals surface area contributed by atoms with Crippen molar-refractivity contribution in [1.82, 2.24) is 31.9 Å². The highest BCUT2D eigenvalue weighted by molar-refractivity contribution is 8.13. The standard InChI is InChI=1S/C36H57N7O7S/c1-9-21(6)29(37)35(49)39-23(8)31(45)43-28-18-51-36(50)27(16-20(4)5)42-32(46)25(15-19(2)3)41-33(47)26(17-24-13-11-10-12-14-24)40-30(44)22(7)38-34(28)48/h10-14,19-23,25-29H,9,15-18,37H2,1-8H3,(H,38,48)(H,39,49)(H,40,44)(H,41,47)(H,42,46)(H,43,45)/t21-,22-,23-,25-,26-,27-,28-,29-/m0/s1. The first-order valence-electron chi connectivity index (χ1n) is 17.7. The second-order valence-corrected chi connectivity index (χ2v) is 15.2. The van der Waals surface area contributed by atoms with Crippen molar-refractivity contribution in [2.75, 3.05) is 5.75 Å². The van der Waals surface area contributed by atoms with Crippen LogP contribution in [0.4, 0.5) is 0 Å². The molecule has 1 aromatic rings. The van der Waals surface area contributed by atoms with Crippen molar-refractivity contribution in [1.29, 1.82) is 0 Å². The zero-order valence-corrected chi connectivity index (χ0v) is 31.9. The minimum Gasteiger partial charge on any atom is -0.344 e. The number of carbonyl (C=O) groups excluding carboxylic acids is 7. The van der Waals surface area contributed by atoms with Crippen LogP contribution in [0.15, 0.2) is 30.3 Å². The van der Waals surface area contributed by atoms with E-state index in [0.29, 0.717) is 6.42 Å². The van der Waals surface area contributed by atoms with Crippen molar-refractivity contribution in [2.45, 2.75) is 123 Å². The van der Waals surface area contributed by atoms with E-state index in [-0.39, 0.29) is 42.8 Å². The van der Waals surface area contributed by atoms with Gasteiger partial charge >= 0.3 is 0 Å². The Morgan fingerprint density at radius 1 is 0.784 bits per heavy atom. The number of amides is 6. The fourth-order valence-electron chi connectivity index (χ4n) is 5.30. The molecule has 1 fully saturated rings. The lowest BCUT2D eigenvalue weighted by Gasteiger charge is -2.28. The zero-order valence-electron chi connectivity index (χ0n) is 31.0. The second kappa shape index (κ2) is 20.8. The molecule has 1 saturated heterocycles. The molecule has 0 aliphatic carbocycles. The average molecular weight is 732 g/mol. The Balaban J connectivity index is 2.46. The summed E-state index contributed by atoms with van der Waals surface area (Å²) in [6.45, 7) is 14.2. The fourth-order valence-corrected chi connectivity index (χ4v) is 6.22. The molecule has 1 heterocycles. The van der Waals surface area contributed by atoms with Crippen LogP contribution in [0.25, 0.3) is 0 Å². The van der Waals surface area contributed by atoms with E-state index in [1.165, 1.54) is 13.8 Å². The number of thioether (sulfide) groups is 1. The first-order valence-corrected chi connectivity index (χ1v) is 18.7. The predicted molar refractivity (Wildman–Crippen MR) is 197 cm³/mol. The third-order valence-corrected chi connectivity index (χ3v) is 9.72. The maximum absolute atomic E-state index is 13.7. The van der Waals surface area contributed by atoms with Crippen molar-refractivity contribution >= 4 is 52.3 Å². The van der Waals surface area contributed by atoms with Crippen molar-refractivity contribution in [3.05, 3.63) is 35.9 Å². The van der Waals surface area contributed by atoms with Gasteiger partial charge in [-0.15, -0.1) is 0 Å². The summed E-state index contributed by atoms with van der Waals surface area (Å²) in [6.07, 6.45) is 1.31. The van der Waals surface area contributed by atoms with Gasteiger partial charge in [0.25, 0.3) is 0 Å². The smallest absolute Gasteiger partial charge is 0.244 e. The molecular formula is C36H57N7O7S. The van der Waals surface area contributed by atoms with Gasteiger partial charge in [0.05, 0.1) is 12.1 Å². The van der Waals surface area contributed by atoms with Crippen molar-refractivity contribution < 1.29 is 33.6 Å². The van der Waals surface area contributed by atoms with E-state index in [4.69, 9.17) is 5.73 Å². The van der Waals surface area contributed by atoms with Gasteiger partial charge in [0.1, 0.15) is 30.2 Å². The van der Waals surface area contributed by atoms with Crippen LogP contribution >= 0.6 is 11.8 Å². The van der Waals surface area contributed by atoms with E-state index in [0.717, 1.165) is 17.3 Å². The lowest BCUT2D eigenvalue weighted by molar-refractivity contribution is -0.135. The fraction of sp³-hybridized carbons (Fsp3) is 0.639. The Morgan fingerprint density at radius 3 is 1.92 bits per heavy atom. The largest absolute Gasteiger partial charge is 0.344 e. The molecule has 1 aliphatic rings. The Hall–Kier alpha value is -3.98. The van der Waals surface area contributed by atoms with Crippen LogP contribution in [0.3, 0.4) is 0 Å². The van der Waals surface area contributed by atoms with Gasteiger partial charge in [-0.3, -0.25) is 33.6 Å². The van der Waals surface area contributed by atoms with Crippen LogP contribution in [0.2, 0.25) is 0 Å². The van der Waals surface area contributed by atoms with Gasteiger partial charge in [-0.25, -0.2) is 0 Å².